The van der Waals surface area contributed by atoms with Crippen molar-refractivity contribution in [2.45, 2.75) is 45.9 Å². The molecule has 15 heavy (non-hydrogen) atoms. The first-order valence-corrected chi connectivity index (χ1v) is 6.11. The van der Waals surface area contributed by atoms with Crippen LogP contribution in [0, 0.1) is 5.41 Å². The maximum absolute atomic E-state index is 6.41. The molecule has 0 fully saturated rings. The number of alkyl halides is 1. The highest BCUT2D eigenvalue weighted by molar-refractivity contribution is 6.21. The molecule has 0 heterocycles. The summed E-state index contributed by atoms with van der Waals surface area (Å²) in [5.74, 6) is 0. The molecule has 0 radical (unpaired) electrons. The van der Waals surface area contributed by atoms with Crippen molar-refractivity contribution in [3.8, 4) is 0 Å². The van der Waals surface area contributed by atoms with Gasteiger partial charge in [-0.3, -0.25) is 0 Å². The molecule has 1 aromatic rings. The van der Waals surface area contributed by atoms with Crippen molar-refractivity contribution in [1.82, 2.24) is 0 Å². The standard InChI is InChI=1S/C14H21Cl/c1-5-6-11-7-9-12(10-8-11)13(15)14(2,3)4/h7-10,13H,5-6H2,1-4H3. The van der Waals surface area contributed by atoms with Gasteiger partial charge in [-0.2, -0.15) is 0 Å². The summed E-state index contributed by atoms with van der Waals surface area (Å²) in [5, 5.41) is 0.0909. The molecule has 0 N–H and O–H groups in total. The highest BCUT2D eigenvalue weighted by Crippen LogP contribution is 2.38. The third-order valence-corrected chi connectivity index (χ3v) is 3.48. The lowest BCUT2D eigenvalue weighted by molar-refractivity contribution is 0.396. The van der Waals surface area contributed by atoms with Crippen LogP contribution in [0.5, 0.6) is 0 Å². The topological polar surface area (TPSA) is 0 Å². The Balaban J connectivity index is 2.80. The van der Waals surface area contributed by atoms with Gasteiger partial charge in [0.2, 0.25) is 0 Å². The monoisotopic (exact) mass is 224 g/mol. The summed E-state index contributed by atoms with van der Waals surface area (Å²) < 4.78 is 0. The van der Waals surface area contributed by atoms with Crippen molar-refractivity contribution in [3.05, 3.63) is 35.4 Å². The Hall–Kier alpha value is -0.490. The van der Waals surface area contributed by atoms with E-state index in [1.165, 1.54) is 17.5 Å². The Kier molecular flexibility index (Phi) is 4.21. The van der Waals surface area contributed by atoms with Crippen LogP contribution in [-0.2, 0) is 6.42 Å². The van der Waals surface area contributed by atoms with Gasteiger partial charge in [-0.15, -0.1) is 11.6 Å². The van der Waals surface area contributed by atoms with E-state index in [0.29, 0.717) is 0 Å². The number of aryl methyl sites for hydroxylation is 1. The highest BCUT2D eigenvalue weighted by atomic mass is 35.5. The lowest BCUT2D eigenvalue weighted by Crippen LogP contribution is -2.13. The minimum Gasteiger partial charge on any atom is -0.117 e. The van der Waals surface area contributed by atoms with Gasteiger partial charge in [-0.1, -0.05) is 58.4 Å². The maximum Gasteiger partial charge on any atom is 0.0633 e. The number of benzene rings is 1. The molecule has 1 heteroatoms. The first-order chi connectivity index (χ1) is 6.95. The normalized spacial score (nSPS) is 13.9. The minimum atomic E-state index is 0.0909. The van der Waals surface area contributed by atoms with Gasteiger partial charge in [0, 0.05) is 0 Å². The van der Waals surface area contributed by atoms with Gasteiger partial charge in [-0.25, -0.2) is 0 Å². The van der Waals surface area contributed by atoms with Crippen molar-refractivity contribution in [3.63, 3.8) is 0 Å². The minimum absolute atomic E-state index is 0.0909. The molecule has 84 valence electrons. The predicted octanol–water partition coefficient (Wildman–Crippen LogP) is 4.97. The fraction of sp³-hybridized carbons (Fsp3) is 0.571. The van der Waals surface area contributed by atoms with E-state index in [0.717, 1.165) is 6.42 Å². The number of hydrogen-bond donors (Lipinski definition) is 0. The van der Waals surface area contributed by atoms with E-state index in [1.807, 2.05) is 0 Å². The molecular weight excluding hydrogens is 204 g/mol. The quantitative estimate of drug-likeness (QED) is 0.637. The third kappa shape index (κ3) is 3.53. The van der Waals surface area contributed by atoms with Gasteiger partial charge in [0.1, 0.15) is 0 Å². The van der Waals surface area contributed by atoms with Gasteiger partial charge in [0.15, 0.2) is 0 Å². The molecular formula is C14H21Cl. The van der Waals surface area contributed by atoms with E-state index in [1.54, 1.807) is 0 Å². The van der Waals surface area contributed by atoms with Gasteiger partial charge < -0.3 is 0 Å². The molecule has 0 nitrogen and oxygen atoms in total. The lowest BCUT2D eigenvalue weighted by Gasteiger charge is -2.25. The van der Waals surface area contributed by atoms with Gasteiger partial charge in [0.05, 0.1) is 5.38 Å². The number of halogens is 1. The van der Waals surface area contributed by atoms with Gasteiger partial charge in [-0.05, 0) is 23.0 Å². The molecule has 1 aromatic carbocycles. The smallest absolute Gasteiger partial charge is 0.0633 e. The van der Waals surface area contributed by atoms with E-state index >= 15 is 0 Å². The molecule has 0 aliphatic rings. The Bertz CT molecular complexity index is 292. The summed E-state index contributed by atoms with van der Waals surface area (Å²) in [5.41, 5.74) is 2.75. The van der Waals surface area contributed by atoms with Crippen molar-refractivity contribution in [2.24, 2.45) is 5.41 Å². The van der Waals surface area contributed by atoms with E-state index in [4.69, 9.17) is 11.6 Å². The fourth-order valence-corrected chi connectivity index (χ4v) is 1.79. The molecule has 0 amide bonds. The molecule has 0 aromatic heterocycles. The van der Waals surface area contributed by atoms with E-state index in [2.05, 4.69) is 52.0 Å². The van der Waals surface area contributed by atoms with Gasteiger partial charge >= 0.3 is 0 Å². The molecule has 0 aliphatic carbocycles. The summed E-state index contributed by atoms with van der Waals surface area (Å²) in [6.07, 6.45) is 2.35. The highest BCUT2D eigenvalue weighted by Gasteiger charge is 2.23. The first-order valence-electron chi connectivity index (χ1n) is 5.68. The lowest BCUT2D eigenvalue weighted by atomic mass is 9.87. The van der Waals surface area contributed by atoms with Crippen LogP contribution in [0.25, 0.3) is 0 Å². The van der Waals surface area contributed by atoms with Crippen LogP contribution in [-0.4, -0.2) is 0 Å². The molecule has 0 saturated carbocycles. The van der Waals surface area contributed by atoms with Crippen molar-refractivity contribution in [2.75, 3.05) is 0 Å². The molecule has 1 atom stereocenters. The predicted molar refractivity (Wildman–Crippen MR) is 68.5 cm³/mol. The van der Waals surface area contributed by atoms with E-state index in [9.17, 15) is 0 Å². The average molecular weight is 225 g/mol. The summed E-state index contributed by atoms with van der Waals surface area (Å²) in [6.45, 7) is 8.72. The number of rotatable bonds is 3. The Labute approximate surface area is 98.7 Å². The first kappa shape index (κ1) is 12.6. The van der Waals surface area contributed by atoms with Gasteiger partial charge in [0.25, 0.3) is 0 Å². The second-order valence-electron chi connectivity index (χ2n) is 5.22. The average Bonchev–Trinajstić information content (AvgIpc) is 2.17. The Morgan fingerprint density at radius 1 is 1.13 bits per heavy atom. The van der Waals surface area contributed by atoms with Crippen LogP contribution < -0.4 is 0 Å². The molecule has 1 unspecified atom stereocenters. The largest absolute Gasteiger partial charge is 0.117 e. The summed E-state index contributed by atoms with van der Waals surface area (Å²) >= 11 is 6.41. The summed E-state index contributed by atoms with van der Waals surface area (Å²) in [4.78, 5) is 0. The SMILES string of the molecule is CCCc1ccc(C(Cl)C(C)(C)C)cc1. The van der Waals surface area contributed by atoms with Crippen LogP contribution in [0.1, 0.15) is 50.6 Å². The zero-order chi connectivity index (χ0) is 11.5. The van der Waals surface area contributed by atoms with Crippen molar-refractivity contribution >= 4 is 11.6 Å². The van der Waals surface area contributed by atoms with Crippen molar-refractivity contribution in [1.29, 1.82) is 0 Å². The zero-order valence-electron chi connectivity index (χ0n) is 10.2. The van der Waals surface area contributed by atoms with Crippen LogP contribution in [0.15, 0.2) is 24.3 Å². The molecule has 0 spiro atoms. The zero-order valence-corrected chi connectivity index (χ0v) is 10.9. The third-order valence-electron chi connectivity index (χ3n) is 2.57. The van der Waals surface area contributed by atoms with Crippen molar-refractivity contribution < 1.29 is 0 Å². The molecule has 0 aliphatic heterocycles. The second-order valence-corrected chi connectivity index (χ2v) is 5.66. The van der Waals surface area contributed by atoms with Crippen LogP contribution in [0.2, 0.25) is 0 Å². The maximum atomic E-state index is 6.41. The summed E-state index contributed by atoms with van der Waals surface area (Å²) in [6, 6.07) is 8.71. The molecule has 0 saturated heterocycles. The number of hydrogen-bond acceptors (Lipinski definition) is 0. The van der Waals surface area contributed by atoms with E-state index in [-0.39, 0.29) is 10.8 Å². The van der Waals surface area contributed by atoms with Crippen LogP contribution >= 0.6 is 11.6 Å². The molecule has 1 rings (SSSR count). The van der Waals surface area contributed by atoms with E-state index < -0.39 is 0 Å². The summed E-state index contributed by atoms with van der Waals surface area (Å²) in [7, 11) is 0. The molecule has 0 bridgehead atoms. The van der Waals surface area contributed by atoms with Crippen LogP contribution in [0.3, 0.4) is 0 Å². The second kappa shape index (κ2) is 5.03. The van der Waals surface area contributed by atoms with Crippen LogP contribution in [0.4, 0.5) is 0 Å². The Morgan fingerprint density at radius 2 is 1.67 bits per heavy atom. The fourth-order valence-electron chi connectivity index (χ4n) is 1.64. The Morgan fingerprint density at radius 3 is 2.07 bits per heavy atom.